The number of rotatable bonds is 5. The van der Waals surface area contributed by atoms with Gasteiger partial charge >= 0.3 is 5.97 Å². The number of aliphatic carboxylic acids is 1. The molecule has 0 radical (unpaired) electrons. The van der Waals surface area contributed by atoms with Crippen LogP contribution < -0.4 is 0 Å². The second kappa shape index (κ2) is 6.41. The number of hydrogen-bond donors (Lipinski definition) is 1. The molecule has 0 rings (SSSR count). The Morgan fingerprint density at radius 2 is 2.25 bits per heavy atom. The van der Waals surface area contributed by atoms with Crippen LogP contribution in [0.1, 0.15) is 32.6 Å². The van der Waals surface area contributed by atoms with Crippen LogP contribution in [0.2, 0.25) is 0 Å². The van der Waals surface area contributed by atoms with Gasteiger partial charge in [-0.25, -0.2) is 4.79 Å². The van der Waals surface area contributed by atoms with E-state index in [9.17, 15) is 4.79 Å². The molecule has 1 N–H and O–H groups in total. The molecule has 0 aromatic heterocycles. The minimum atomic E-state index is -1.04. The Hall–Kier alpha value is -1.30. The van der Waals surface area contributed by atoms with Gasteiger partial charge in [0.25, 0.3) is 0 Å². The summed E-state index contributed by atoms with van der Waals surface area (Å²) < 4.78 is 0. The first-order valence-corrected chi connectivity index (χ1v) is 4.04. The maximum atomic E-state index is 10.2. The van der Waals surface area contributed by atoms with Crippen molar-refractivity contribution in [3.8, 4) is 6.07 Å². The molecule has 66 valence electrons. The minimum Gasteiger partial charge on any atom is -0.478 e. The Labute approximate surface area is 72.3 Å². The third-order valence-electron chi connectivity index (χ3n) is 1.49. The molecule has 0 atom stereocenters. The van der Waals surface area contributed by atoms with Crippen LogP contribution in [-0.4, -0.2) is 11.1 Å². The fourth-order valence-corrected chi connectivity index (χ4v) is 0.875. The van der Waals surface area contributed by atoms with Gasteiger partial charge in [0.15, 0.2) is 0 Å². The van der Waals surface area contributed by atoms with Gasteiger partial charge in [-0.05, 0) is 12.8 Å². The van der Waals surface area contributed by atoms with Crippen molar-refractivity contribution < 1.29 is 9.90 Å². The van der Waals surface area contributed by atoms with Crippen molar-refractivity contribution in [3.05, 3.63) is 11.6 Å². The zero-order valence-corrected chi connectivity index (χ0v) is 7.21. The molecule has 0 heterocycles. The number of unbranched alkanes of at least 4 members (excludes halogenated alkanes) is 2. The third kappa shape index (κ3) is 5.48. The molecule has 12 heavy (non-hydrogen) atoms. The van der Waals surface area contributed by atoms with E-state index in [-0.39, 0.29) is 0 Å². The van der Waals surface area contributed by atoms with Crippen LogP contribution in [0.3, 0.4) is 0 Å². The highest BCUT2D eigenvalue weighted by atomic mass is 16.4. The van der Waals surface area contributed by atoms with E-state index >= 15 is 0 Å². The van der Waals surface area contributed by atoms with E-state index in [0.29, 0.717) is 12.0 Å². The molecule has 0 saturated heterocycles. The van der Waals surface area contributed by atoms with Crippen molar-refractivity contribution in [3.63, 3.8) is 0 Å². The van der Waals surface area contributed by atoms with Gasteiger partial charge < -0.3 is 5.11 Å². The van der Waals surface area contributed by atoms with Gasteiger partial charge in [0.2, 0.25) is 0 Å². The third-order valence-corrected chi connectivity index (χ3v) is 1.49. The van der Waals surface area contributed by atoms with Crippen molar-refractivity contribution in [2.45, 2.75) is 32.6 Å². The molecule has 0 spiro atoms. The second-order valence-electron chi connectivity index (χ2n) is 2.58. The van der Waals surface area contributed by atoms with Gasteiger partial charge in [-0.1, -0.05) is 19.8 Å². The lowest BCUT2D eigenvalue weighted by Gasteiger charge is -1.95. The van der Waals surface area contributed by atoms with Gasteiger partial charge in [0.05, 0.1) is 6.07 Å². The van der Waals surface area contributed by atoms with Crippen LogP contribution in [0, 0.1) is 11.3 Å². The lowest BCUT2D eigenvalue weighted by atomic mass is 10.1. The maximum absolute atomic E-state index is 10.2. The van der Waals surface area contributed by atoms with E-state index in [2.05, 4.69) is 6.92 Å². The summed E-state index contributed by atoms with van der Waals surface area (Å²) >= 11 is 0. The standard InChI is InChI=1S/C9H13NO2/c1-2-3-4-5-8(7-10)6-9(11)12/h6H,2-5H2,1H3,(H,11,12)/b8-6-. The van der Waals surface area contributed by atoms with E-state index in [4.69, 9.17) is 10.4 Å². The summed E-state index contributed by atoms with van der Waals surface area (Å²) in [6, 6.07) is 1.87. The molecule has 0 saturated carbocycles. The molecular formula is C9H13NO2. The van der Waals surface area contributed by atoms with Crippen LogP contribution in [0.4, 0.5) is 0 Å². The first-order valence-electron chi connectivity index (χ1n) is 4.04. The smallest absolute Gasteiger partial charge is 0.329 e. The highest BCUT2D eigenvalue weighted by Crippen LogP contribution is 2.07. The molecular weight excluding hydrogens is 154 g/mol. The van der Waals surface area contributed by atoms with E-state index in [0.717, 1.165) is 25.3 Å². The number of carbonyl (C=O) groups is 1. The van der Waals surface area contributed by atoms with Crippen LogP contribution in [0.25, 0.3) is 0 Å². The molecule has 0 aliphatic heterocycles. The first kappa shape index (κ1) is 10.7. The van der Waals surface area contributed by atoms with Crippen LogP contribution in [0.5, 0.6) is 0 Å². The molecule has 0 aliphatic rings. The SMILES string of the molecule is CCCCC/C(C#N)=C/C(=O)O. The Kier molecular flexibility index (Phi) is 5.72. The lowest BCUT2D eigenvalue weighted by molar-refractivity contribution is -0.131. The molecule has 0 aromatic carbocycles. The zero-order valence-electron chi connectivity index (χ0n) is 7.21. The summed E-state index contributed by atoms with van der Waals surface area (Å²) in [6.45, 7) is 2.06. The molecule has 0 bridgehead atoms. The monoisotopic (exact) mass is 167 g/mol. The Morgan fingerprint density at radius 3 is 2.67 bits per heavy atom. The predicted octanol–water partition coefficient (Wildman–Crippen LogP) is 2.10. The Bertz CT molecular complexity index is 213. The number of carboxylic acids is 1. The maximum Gasteiger partial charge on any atom is 0.329 e. The van der Waals surface area contributed by atoms with Crippen molar-refractivity contribution in [2.24, 2.45) is 0 Å². The average Bonchev–Trinajstić information content (AvgIpc) is 2.02. The summed E-state index contributed by atoms with van der Waals surface area (Å²) in [5, 5.41) is 16.8. The largest absolute Gasteiger partial charge is 0.478 e. The Balaban J connectivity index is 3.86. The summed E-state index contributed by atoms with van der Waals surface area (Å²) in [6.07, 6.45) is 4.57. The fourth-order valence-electron chi connectivity index (χ4n) is 0.875. The molecule has 0 aliphatic carbocycles. The van der Waals surface area contributed by atoms with Gasteiger partial charge in [-0.15, -0.1) is 0 Å². The van der Waals surface area contributed by atoms with E-state index < -0.39 is 5.97 Å². The lowest BCUT2D eigenvalue weighted by Crippen LogP contribution is -1.91. The number of carboxylic acid groups (broad SMARTS) is 1. The van der Waals surface area contributed by atoms with Crippen LogP contribution >= 0.6 is 0 Å². The number of nitriles is 1. The van der Waals surface area contributed by atoms with Crippen LogP contribution in [-0.2, 0) is 4.79 Å². The van der Waals surface area contributed by atoms with Gasteiger partial charge in [0, 0.05) is 11.6 Å². The molecule has 3 nitrogen and oxygen atoms in total. The van der Waals surface area contributed by atoms with Gasteiger partial charge in [-0.3, -0.25) is 0 Å². The summed E-state index contributed by atoms with van der Waals surface area (Å²) in [5.74, 6) is -1.04. The zero-order chi connectivity index (χ0) is 9.40. The van der Waals surface area contributed by atoms with Crippen molar-refractivity contribution >= 4 is 5.97 Å². The molecule has 0 unspecified atom stereocenters. The first-order chi connectivity index (χ1) is 5.70. The van der Waals surface area contributed by atoms with E-state index in [1.165, 1.54) is 0 Å². The van der Waals surface area contributed by atoms with Gasteiger partial charge in [0.1, 0.15) is 0 Å². The molecule has 3 heteroatoms. The van der Waals surface area contributed by atoms with E-state index in [1.54, 1.807) is 0 Å². The predicted molar refractivity (Wildman–Crippen MR) is 45.5 cm³/mol. The highest BCUT2D eigenvalue weighted by Gasteiger charge is 1.98. The topological polar surface area (TPSA) is 61.1 Å². The Morgan fingerprint density at radius 1 is 1.58 bits per heavy atom. The molecule has 0 fully saturated rings. The number of hydrogen-bond acceptors (Lipinski definition) is 2. The summed E-state index contributed by atoms with van der Waals surface area (Å²) in [5.41, 5.74) is 0.357. The van der Waals surface area contributed by atoms with Crippen molar-refractivity contribution in [2.75, 3.05) is 0 Å². The second-order valence-corrected chi connectivity index (χ2v) is 2.58. The quantitative estimate of drug-likeness (QED) is 0.387. The summed E-state index contributed by atoms with van der Waals surface area (Å²) in [7, 11) is 0. The highest BCUT2D eigenvalue weighted by molar-refractivity contribution is 5.81. The number of nitrogens with zero attached hydrogens (tertiary/aromatic N) is 1. The molecule has 0 aromatic rings. The number of allylic oxidation sites excluding steroid dienone is 1. The molecule has 0 amide bonds. The van der Waals surface area contributed by atoms with Crippen molar-refractivity contribution in [1.82, 2.24) is 0 Å². The minimum absolute atomic E-state index is 0.357. The van der Waals surface area contributed by atoms with Crippen LogP contribution in [0.15, 0.2) is 11.6 Å². The van der Waals surface area contributed by atoms with Gasteiger partial charge in [-0.2, -0.15) is 5.26 Å². The fraction of sp³-hybridized carbons (Fsp3) is 0.556. The normalized spacial score (nSPS) is 10.8. The van der Waals surface area contributed by atoms with E-state index in [1.807, 2.05) is 6.07 Å². The summed E-state index contributed by atoms with van der Waals surface area (Å²) in [4.78, 5) is 10.2. The van der Waals surface area contributed by atoms with Crippen molar-refractivity contribution in [1.29, 1.82) is 5.26 Å². The average molecular weight is 167 g/mol.